The number of ether oxygens (including phenoxy) is 4. The number of hydrogen-bond donors (Lipinski definition) is 1. The molecule has 2 rings (SSSR count). The summed E-state index contributed by atoms with van der Waals surface area (Å²) in [6.07, 6.45) is 0.524. The number of amides is 1. The first-order valence-electron chi connectivity index (χ1n) is 10.1. The molecule has 0 atom stereocenters. The topological polar surface area (TPSA) is 100 Å². The molecule has 0 heterocycles. The van der Waals surface area contributed by atoms with Crippen LogP contribution in [-0.2, 0) is 19.1 Å². The summed E-state index contributed by atoms with van der Waals surface area (Å²) in [5.74, 6) is -0.353. The van der Waals surface area contributed by atoms with Crippen molar-refractivity contribution in [1.82, 2.24) is 0 Å². The summed E-state index contributed by atoms with van der Waals surface area (Å²) in [5.41, 5.74) is 0.525. The zero-order valence-electron chi connectivity index (χ0n) is 17.7. The van der Waals surface area contributed by atoms with Gasteiger partial charge in [-0.1, -0.05) is 24.3 Å². The maximum absolute atomic E-state index is 12.1. The molecule has 1 amide bonds. The van der Waals surface area contributed by atoms with Crippen LogP contribution in [0.15, 0.2) is 48.5 Å². The molecule has 2 aromatic rings. The SMILES string of the molecule is CCOC(=O)c1ccccc1NC(=O)COC(=O)CCCOc1ccccc1OCC. The fraction of sp³-hybridized carbons (Fsp3) is 0.348. The molecule has 0 aliphatic heterocycles. The molecule has 0 spiro atoms. The van der Waals surface area contributed by atoms with Gasteiger partial charge in [-0.2, -0.15) is 0 Å². The predicted octanol–water partition coefficient (Wildman–Crippen LogP) is 3.60. The number of rotatable bonds is 12. The number of benzene rings is 2. The van der Waals surface area contributed by atoms with E-state index < -0.39 is 24.5 Å². The fourth-order valence-electron chi connectivity index (χ4n) is 2.63. The Balaban J connectivity index is 1.72. The lowest BCUT2D eigenvalue weighted by Crippen LogP contribution is -2.22. The van der Waals surface area contributed by atoms with E-state index in [4.69, 9.17) is 18.9 Å². The van der Waals surface area contributed by atoms with E-state index in [1.54, 1.807) is 37.3 Å². The summed E-state index contributed by atoms with van der Waals surface area (Å²) in [5, 5.41) is 2.56. The van der Waals surface area contributed by atoms with Gasteiger partial charge in [0, 0.05) is 6.42 Å². The zero-order chi connectivity index (χ0) is 22.5. The first-order valence-corrected chi connectivity index (χ1v) is 10.1. The molecule has 0 aromatic heterocycles. The number of esters is 2. The lowest BCUT2D eigenvalue weighted by atomic mass is 10.2. The minimum Gasteiger partial charge on any atom is -0.490 e. The van der Waals surface area contributed by atoms with Gasteiger partial charge in [0.2, 0.25) is 0 Å². The third-order valence-corrected chi connectivity index (χ3v) is 3.99. The van der Waals surface area contributed by atoms with Crippen LogP contribution in [0.5, 0.6) is 11.5 Å². The van der Waals surface area contributed by atoms with Crippen molar-refractivity contribution >= 4 is 23.5 Å². The van der Waals surface area contributed by atoms with Crippen LogP contribution >= 0.6 is 0 Å². The third-order valence-electron chi connectivity index (χ3n) is 3.99. The number of nitrogens with one attached hydrogen (secondary N) is 1. The van der Waals surface area contributed by atoms with Gasteiger partial charge in [0.15, 0.2) is 18.1 Å². The number of carbonyl (C=O) groups excluding carboxylic acids is 3. The van der Waals surface area contributed by atoms with Crippen LogP contribution in [-0.4, -0.2) is 44.3 Å². The predicted molar refractivity (Wildman–Crippen MR) is 114 cm³/mol. The molecule has 0 unspecified atom stereocenters. The summed E-state index contributed by atoms with van der Waals surface area (Å²) in [6, 6.07) is 13.8. The van der Waals surface area contributed by atoms with Crippen LogP contribution in [0.25, 0.3) is 0 Å². The van der Waals surface area contributed by atoms with Crippen LogP contribution in [0, 0.1) is 0 Å². The van der Waals surface area contributed by atoms with Gasteiger partial charge in [-0.3, -0.25) is 9.59 Å². The number of carbonyl (C=O) groups is 3. The van der Waals surface area contributed by atoms with Crippen molar-refractivity contribution in [3.63, 3.8) is 0 Å². The number of anilines is 1. The van der Waals surface area contributed by atoms with E-state index in [1.807, 2.05) is 25.1 Å². The van der Waals surface area contributed by atoms with Gasteiger partial charge in [-0.05, 0) is 44.5 Å². The minimum atomic E-state index is -0.549. The van der Waals surface area contributed by atoms with Gasteiger partial charge in [-0.15, -0.1) is 0 Å². The van der Waals surface area contributed by atoms with Crippen LogP contribution in [0.2, 0.25) is 0 Å². The lowest BCUT2D eigenvalue weighted by molar-refractivity contribution is -0.147. The molecule has 8 nitrogen and oxygen atoms in total. The standard InChI is InChI=1S/C23H27NO7/c1-3-28-19-12-7-8-13-20(19)30-15-9-14-22(26)31-16-21(25)24-18-11-6-5-10-17(18)23(27)29-4-2/h5-8,10-13H,3-4,9,14-16H2,1-2H3,(H,24,25). The zero-order valence-corrected chi connectivity index (χ0v) is 17.7. The van der Waals surface area contributed by atoms with Crippen molar-refractivity contribution in [3.8, 4) is 11.5 Å². The molecule has 1 N–H and O–H groups in total. The molecule has 0 saturated carbocycles. The molecule has 0 bridgehead atoms. The summed E-state index contributed by atoms with van der Waals surface area (Å²) in [6.45, 7) is 4.18. The highest BCUT2D eigenvalue weighted by Gasteiger charge is 2.15. The summed E-state index contributed by atoms with van der Waals surface area (Å²) < 4.78 is 21.1. The Bertz CT molecular complexity index is 882. The van der Waals surface area contributed by atoms with Crippen molar-refractivity contribution in [3.05, 3.63) is 54.1 Å². The van der Waals surface area contributed by atoms with Gasteiger partial charge >= 0.3 is 11.9 Å². The van der Waals surface area contributed by atoms with E-state index in [0.717, 1.165) is 0 Å². The minimum absolute atomic E-state index is 0.101. The highest BCUT2D eigenvalue weighted by atomic mass is 16.5. The van der Waals surface area contributed by atoms with Gasteiger partial charge in [0.25, 0.3) is 5.91 Å². The van der Waals surface area contributed by atoms with Crippen molar-refractivity contribution in [1.29, 1.82) is 0 Å². The van der Waals surface area contributed by atoms with Crippen molar-refractivity contribution in [2.75, 3.05) is 31.7 Å². The fourth-order valence-corrected chi connectivity index (χ4v) is 2.63. The van der Waals surface area contributed by atoms with E-state index in [9.17, 15) is 14.4 Å². The number of hydrogen-bond acceptors (Lipinski definition) is 7. The van der Waals surface area contributed by atoms with Gasteiger partial charge < -0.3 is 24.3 Å². The van der Waals surface area contributed by atoms with Gasteiger partial charge in [0.05, 0.1) is 31.1 Å². The second-order valence-corrected chi connectivity index (χ2v) is 6.31. The molecule has 0 radical (unpaired) electrons. The monoisotopic (exact) mass is 429 g/mol. The van der Waals surface area contributed by atoms with E-state index in [2.05, 4.69) is 5.32 Å². The molecule has 31 heavy (non-hydrogen) atoms. The Labute approximate surface area is 181 Å². The highest BCUT2D eigenvalue weighted by Crippen LogP contribution is 2.26. The average molecular weight is 429 g/mol. The molecule has 2 aromatic carbocycles. The van der Waals surface area contributed by atoms with Crippen LogP contribution in [0.3, 0.4) is 0 Å². The van der Waals surface area contributed by atoms with Crippen LogP contribution in [0.1, 0.15) is 37.0 Å². The maximum Gasteiger partial charge on any atom is 0.340 e. The lowest BCUT2D eigenvalue weighted by Gasteiger charge is -2.12. The third kappa shape index (κ3) is 8.00. The molecule has 8 heteroatoms. The van der Waals surface area contributed by atoms with Crippen molar-refractivity contribution < 1.29 is 33.3 Å². The largest absolute Gasteiger partial charge is 0.490 e. The maximum atomic E-state index is 12.1. The van der Waals surface area contributed by atoms with Crippen molar-refractivity contribution in [2.45, 2.75) is 26.7 Å². The first kappa shape index (κ1) is 23.7. The average Bonchev–Trinajstić information content (AvgIpc) is 2.77. The second-order valence-electron chi connectivity index (χ2n) is 6.31. The Hall–Kier alpha value is -3.55. The molecule has 0 fully saturated rings. The smallest absolute Gasteiger partial charge is 0.340 e. The first-order chi connectivity index (χ1) is 15.0. The molecular weight excluding hydrogens is 402 g/mol. The molecule has 0 aliphatic rings. The molecule has 166 valence electrons. The van der Waals surface area contributed by atoms with Crippen LogP contribution < -0.4 is 14.8 Å². The quantitative estimate of drug-likeness (QED) is 0.406. The van der Waals surface area contributed by atoms with Crippen molar-refractivity contribution in [2.24, 2.45) is 0 Å². The highest BCUT2D eigenvalue weighted by molar-refractivity contribution is 6.01. The normalized spacial score (nSPS) is 10.1. The van der Waals surface area contributed by atoms with E-state index in [1.165, 1.54) is 0 Å². The number of para-hydroxylation sites is 3. The summed E-state index contributed by atoms with van der Waals surface area (Å²) in [4.78, 5) is 35.9. The van der Waals surface area contributed by atoms with E-state index in [-0.39, 0.29) is 18.6 Å². The molecule has 0 saturated heterocycles. The molecule has 0 aliphatic carbocycles. The Morgan fingerprint density at radius 3 is 2.23 bits per heavy atom. The second kappa shape index (κ2) is 12.9. The summed E-state index contributed by atoms with van der Waals surface area (Å²) >= 11 is 0. The van der Waals surface area contributed by atoms with Gasteiger partial charge in [0.1, 0.15) is 0 Å². The van der Waals surface area contributed by atoms with Crippen LogP contribution in [0.4, 0.5) is 5.69 Å². The van der Waals surface area contributed by atoms with Gasteiger partial charge in [-0.25, -0.2) is 4.79 Å². The Kier molecular flexibility index (Phi) is 9.87. The van der Waals surface area contributed by atoms with E-state index in [0.29, 0.717) is 36.8 Å². The Morgan fingerprint density at radius 1 is 0.839 bits per heavy atom. The Morgan fingerprint density at radius 2 is 1.52 bits per heavy atom. The molecular formula is C23H27NO7. The van der Waals surface area contributed by atoms with E-state index >= 15 is 0 Å². The summed E-state index contributed by atoms with van der Waals surface area (Å²) in [7, 11) is 0.